The van der Waals surface area contributed by atoms with Gasteiger partial charge in [0.15, 0.2) is 6.29 Å². The van der Waals surface area contributed by atoms with Crippen LogP contribution in [0.5, 0.6) is 0 Å². The van der Waals surface area contributed by atoms with Gasteiger partial charge in [0, 0.05) is 10.9 Å². The van der Waals surface area contributed by atoms with Crippen molar-refractivity contribution in [3.8, 4) is 27.6 Å². The van der Waals surface area contributed by atoms with Gasteiger partial charge >= 0.3 is 0 Å². The van der Waals surface area contributed by atoms with Crippen molar-refractivity contribution < 1.29 is 4.79 Å². The van der Waals surface area contributed by atoms with Crippen LogP contribution in [-0.2, 0) is 0 Å². The van der Waals surface area contributed by atoms with Gasteiger partial charge in [0.1, 0.15) is 0 Å². The third-order valence-corrected chi connectivity index (χ3v) is 6.56. The number of hydrogen-bond donors (Lipinski definition) is 0. The highest BCUT2D eigenvalue weighted by atomic mass is 31.1. The van der Waals surface area contributed by atoms with Crippen molar-refractivity contribution in [1.29, 1.82) is 0 Å². The first kappa shape index (κ1) is 15.6. The molecule has 0 saturated carbocycles. The van der Waals surface area contributed by atoms with Crippen molar-refractivity contribution in [1.82, 2.24) is 0 Å². The second kappa shape index (κ2) is 6.93. The molecular formula is C23H17OP. The number of hydrogen-bond acceptors (Lipinski definition) is 1. The van der Waals surface area contributed by atoms with E-state index in [0.717, 1.165) is 33.8 Å². The first-order valence-corrected chi connectivity index (χ1v) is 9.66. The summed E-state index contributed by atoms with van der Waals surface area (Å²) in [7, 11) is -0.780. The summed E-state index contributed by atoms with van der Waals surface area (Å²) < 4.78 is 0. The van der Waals surface area contributed by atoms with Gasteiger partial charge in [-0.25, -0.2) is 0 Å². The minimum atomic E-state index is -0.780. The topological polar surface area (TPSA) is 17.1 Å². The standard InChI is InChI=1S/C23H17OP/c24-16-22-23(19-12-6-2-7-13-19)21(18-10-4-1-5-11-18)17-25(22)20-14-8-3-9-15-20/h1-17H. The smallest absolute Gasteiger partial charge is 0.154 e. The van der Waals surface area contributed by atoms with E-state index in [9.17, 15) is 4.79 Å². The van der Waals surface area contributed by atoms with Gasteiger partial charge in [-0.05, 0) is 27.8 Å². The molecule has 1 heterocycles. The first-order valence-electron chi connectivity index (χ1n) is 8.25. The molecule has 1 aromatic heterocycles. The Hall–Kier alpha value is -2.89. The zero-order valence-corrected chi connectivity index (χ0v) is 14.6. The van der Waals surface area contributed by atoms with E-state index in [1.165, 1.54) is 5.30 Å². The number of aldehydes is 1. The summed E-state index contributed by atoms with van der Waals surface area (Å²) >= 11 is 0. The first-order chi connectivity index (χ1) is 12.4. The Labute approximate surface area is 148 Å². The Balaban J connectivity index is 2.03. The second-order valence-corrected chi connectivity index (χ2v) is 7.85. The number of carbonyl (C=O) groups is 1. The Morgan fingerprint density at radius 2 is 1.16 bits per heavy atom. The van der Waals surface area contributed by atoms with E-state index >= 15 is 0 Å². The van der Waals surface area contributed by atoms with Gasteiger partial charge in [0.05, 0.1) is 0 Å². The number of rotatable bonds is 4. The van der Waals surface area contributed by atoms with E-state index in [0.29, 0.717) is 0 Å². The van der Waals surface area contributed by atoms with Crippen LogP contribution in [-0.4, -0.2) is 6.29 Å². The summed E-state index contributed by atoms with van der Waals surface area (Å²) in [6.07, 6.45) is 1.05. The molecule has 2 heteroatoms. The fraction of sp³-hybridized carbons (Fsp3) is 0. The zero-order chi connectivity index (χ0) is 17.1. The molecule has 4 rings (SSSR count). The predicted molar refractivity (Wildman–Crippen MR) is 107 cm³/mol. The molecule has 0 radical (unpaired) electrons. The average Bonchev–Trinajstić information content (AvgIpc) is 3.09. The molecule has 0 aliphatic rings. The van der Waals surface area contributed by atoms with Crippen LogP contribution in [0.1, 0.15) is 10.1 Å². The van der Waals surface area contributed by atoms with Crippen molar-refractivity contribution in [2.45, 2.75) is 0 Å². The van der Waals surface area contributed by atoms with Crippen molar-refractivity contribution >= 4 is 13.8 Å². The van der Waals surface area contributed by atoms with Crippen molar-refractivity contribution in [2.75, 3.05) is 0 Å². The molecule has 0 N–H and O–H groups in total. The molecule has 1 atom stereocenters. The monoisotopic (exact) mass is 340 g/mol. The Kier molecular flexibility index (Phi) is 4.33. The SMILES string of the molecule is O=Cc1c(-c2ccccc2)c(-c2ccccc2)cp1-c1ccccc1. The molecule has 0 fully saturated rings. The third kappa shape index (κ3) is 2.95. The van der Waals surface area contributed by atoms with E-state index < -0.39 is 7.53 Å². The van der Waals surface area contributed by atoms with E-state index in [1.54, 1.807) is 0 Å². The summed E-state index contributed by atoms with van der Waals surface area (Å²) in [5.74, 6) is 2.28. The molecule has 4 aromatic rings. The van der Waals surface area contributed by atoms with Gasteiger partial charge in [-0.3, -0.25) is 4.79 Å². The highest BCUT2D eigenvalue weighted by molar-refractivity contribution is 7.58. The summed E-state index contributed by atoms with van der Waals surface area (Å²) in [5, 5.41) is 2.10. The van der Waals surface area contributed by atoms with Crippen LogP contribution >= 0.6 is 7.53 Å². The zero-order valence-electron chi connectivity index (χ0n) is 13.7. The summed E-state index contributed by atoms with van der Waals surface area (Å²) in [6.45, 7) is 0. The fourth-order valence-corrected chi connectivity index (χ4v) is 5.38. The lowest BCUT2D eigenvalue weighted by atomic mass is 9.97. The minimum Gasteiger partial charge on any atom is -0.297 e. The van der Waals surface area contributed by atoms with Crippen LogP contribution in [0.4, 0.5) is 0 Å². The minimum absolute atomic E-state index is 0.780. The van der Waals surface area contributed by atoms with Crippen LogP contribution in [0.3, 0.4) is 0 Å². The van der Waals surface area contributed by atoms with Crippen molar-refractivity contribution in [3.63, 3.8) is 0 Å². The lowest BCUT2D eigenvalue weighted by molar-refractivity contribution is 0.112. The molecule has 25 heavy (non-hydrogen) atoms. The van der Waals surface area contributed by atoms with Crippen LogP contribution in [0.15, 0.2) is 96.8 Å². The normalized spacial score (nSPS) is 11.3. The van der Waals surface area contributed by atoms with Crippen LogP contribution in [0.25, 0.3) is 27.6 Å². The lowest BCUT2D eigenvalue weighted by Gasteiger charge is -2.07. The van der Waals surface area contributed by atoms with Crippen LogP contribution < -0.4 is 0 Å². The highest BCUT2D eigenvalue weighted by Crippen LogP contribution is 2.52. The fourth-order valence-electron chi connectivity index (χ4n) is 3.18. The molecule has 0 aliphatic heterocycles. The van der Waals surface area contributed by atoms with Crippen molar-refractivity contribution in [3.05, 3.63) is 102 Å². The summed E-state index contributed by atoms with van der Waals surface area (Å²) in [6, 6.07) is 30.9. The molecule has 1 nitrogen and oxygen atoms in total. The van der Waals surface area contributed by atoms with E-state index in [-0.39, 0.29) is 0 Å². The molecule has 0 saturated heterocycles. The van der Waals surface area contributed by atoms with E-state index in [2.05, 4.69) is 42.2 Å². The van der Waals surface area contributed by atoms with Crippen LogP contribution in [0.2, 0.25) is 0 Å². The van der Waals surface area contributed by atoms with Gasteiger partial charge in [-0.2, -0.15) is 0 Å². The quantitative estimate of drug-likeness (QED) is 0.373. The molecule has 3 aromatic carbocycles. The Bertz CT molecular complexity index is 986. The van der Waals surface area contributed by atoms with Gasteiger partial charge in [0.25, 0.3) is 0 Å². The predicted octanol–water partition coefficient (Wildman–Crippen LogP) is 6.81. The van der Waals surface area contributed by atoms with E-state index in [4.69, 9.17) is 0 Å². The lowest BCUT2D eigenvalue weighted by Crippen LogP contribution is -1.85. The molecular weight excluding hydrogens is 323 g/mol. The molecule has 0 bridgehead atoms. The number of benzene rings is 3. The Morgan fingerprint density at radius 1 is 0.640 bits per heavy atom. The molecule has 0 amide bonds. The van der Waals surface area contributed by atoms with Gasteiger partial charge in [-0.15, -0.1) is 0 Å². The molecule has 0 aliphatic carbocycles. The molecule has 1 unspecified atom stereocenters. The maximum absolute atomic E-state index is 12.1. The highest BCUT2D eigenvalue weighted by Gasteiger charge is 2.19. The van der Waals surface area contributed by atoms with E-state index in [1.807, 2.05) is 54.6 Å². The Morgan fingerprint density at radius 3 is 1.72 bits per heavy atom. The summed E-state index contributed by atoms with van der Waals surface area (Å²) in [4.78, 5) is 12.1. The molecule has 120 valence electrons. The number of carbonyl (C=O) groups excluding carboxylic acids is 1. The average molecular weight is 340 g/mol. The maximum Gasteiger partial charge on any atom is 0.154 e. The second-order valence-electron chi connectivity index (χ2n) is 5.86. The summed E-state index contributed by atoms with van der Waals surface area (Å²) in [5.41, 5.74) is 4.47. The molecule has 0 spiro atoms. The largest absolute Gasteiger partial charge is 0.297 e. The van der Waals surface area contributed by atoms with Gasteiger partial charge in [0.2, 0.25) is 0 Å². The van der Waals surface area contributed by atoms with Crippen LogP contribution in [0, 0.1) is 0 Å². The van der Waals surface area contributed by atoms with Gasteiger partial charge < -0.3 is 0 Å². The third-order valence-electron chi connectivity index (χ3n) is 4.34. The van der Waals surface area contributed by atoms with Crippen molar-refractivity contribution in [2.24, 2.45) is 0 Å². The maximum atomic E-state index is 12.1. The van der Waals surface area contributed by atoms with Gasteiger partial charge in [-0.1, -0.05) is 98.5 Å².